The summed E-state index contributed by atoms with van der Waals surface area (Å²) in [5.74, 6) is 0.136. The van der Waals surface area contributed by atoms with Gasteiger partial charge in [0.25, 0.3) is 6.43 Å². The Morgan fingerprint density at radius 3 is 2.33 bits per heavy atom. The van der Waals surface area contributed by atoms with Gasteiger partial charge in [0, 0.05) is 43.2 Å². The zero-order valence-electron chi connectivity index (χ0n) is 20.8. The van der Waals surface area contributed by atoms with Gasteiger partial charge in [-0.2, -0.15) is 13.2 Å². The second kappa shape index (κ2) is 8.70. The maximum Gasteiger partial charge on any atom is 0.411 e. The number of hydrogen-bond donors (Lipinski definition) is 0. The molecule has 4 aliphatic heterocycles. The molecule has 7 rings (SSSR count). The van der Waals surface area contributed by atoms with Crippen molar-refractivity contribution in [2.45, 2.75) is 31.2 Å². The van der Waals surface area contributed by atoms with Crippen molar-refractivity contribution in [3.63, 3.8) is 0 Å². The van der Waals surface area contributed by atoms with Gasteiger partial charge in [-0.05, 0) is 35.9 Å². The first kappa shape index (κ1) is 25.8. The van der Waals surface area contributed by atoms with Crippen molar-refractivity contribution in [1.82, 2.24) is 24.6 Å². The predicted molar refractivity (Wildman–Crippen MR) is 131 cm³/mol. The molecular formula is C25H22ClF6N7O. The lowest BCUT2D eigenvalue weighted by Gasteiger charge is -2.60. The van der Waals surface area contributed by atoms with Crippen molar-refractivity contribution < 1.29 is 31.1 Å². The Morgan fingerprint density at radius 2 is 1.68 bits per heavy atom. The minimum atomic E-state index is -4.50. The van der Waals surface area contributed by atoms with Crippen molar-refractivity contribution >= 4 is 23.4 Å². The average molecular weight is 586 g/mol. The topological polar surface area (TPSA) is 62.6 Å². The van der Waals surface area contributed by atoms with Gasteiger partial charge in [0.1, 0.15) is 11.5 Å². The van der Waals surface area contributed by atoms with Gasteiger partial charge in [0.05, 0.1) is 25.4 Å². The molecule has 0 radical (unpaired) electrons. The van der Waals surface area contributed by atoms with Gasteiger partial charge in [-0.1, -0.05) is 11.6 Å². The highest BCUT2D eigenvalue weighted by Crippen LogP contribution is 2.47. The molecule has 8 nitrogen and oxygen atoms in total. The Bertz CT molecular complexity index is 1480. The minimum absolute atomic E-state index is 0.00569. The molecule has 3 saturated heterocycles. The fraction of sp³-hybridized carbons (Fsp3) is 0.480. The van der Waals surface area contributed by atoms with Crippen LogP contribution in [0.3, 0.4) is 0 Å². The van der Waals surface area contributed by atoms with Gasteiger partial charge in [-0.15, -0.1) is 10.2 Å². The molecule has 40 heavy (non-hydrogen) atoms. The second-order valence-corrected chi connectivity index (χ2v) is 11.4. The molecule has 3 fully saturated rings. The Balaban J connectivity index is 1.14. The van der Waals surface area contributed by atoms with E-state index in [1.165, 1.54) is 11.0 Å². The van der Waals surface area contributed by atoms with Crippen LogP contribution in [0.15, 0.2) is 30.3 Å². The molecule has 15 heteroatoms. The van der Waals surface area contributed by atoms with Gasteiger partial charge in [-0.25, -0.2) is 18.2 Å². The first-order valence-corrected chi connectivity index (χ1v) is 12.9. The lowest BCUT2D eigenvalue weighted by Crippen LogP contribution is -2.73. The summed E-state index contributed by atoms with van der Waals surface area (Å²) >= 11 is 6.25. The fourth-order valence-electron chi connectivity index (χ4n) is 6.12. The van der Waals surface area contributed by atoms with Gasteiger partial charge in [-0.3, -0.25) is 9.47 Å². The number of aromatic nitrogens is 4. The minimum Gasteiger partial charge on any atom is -0.377 e. The molecule has 0 unspecified atom stereocenters. The first-order valence-electron chi connectivity index (χ1n) is 12.6. The predicted octanol–water partition coefficient (Wildman–Crippen LogP) is 4.37. The van der Waals surface area contributed by atoms with Crippen LogP contribution in [0.4, 0.5) is 38.1 Å². The molecule has 1 aromatic carbocycles. The molecular weight excluding hydrogens is 564 g/mol. The summed E-state index contributed by atoms with van der Waals surface area (Å²) in [6, 6.07) is 7.49. The van der Waals surface area contributed by atoms with Crippen LogP contribution in [0.5, 0.6) is 0 Å². The van der Waals surface area contributed by atoms with Crippen LogP contribution < -0.4 is 9.80 Å². The summed E-state index contributed by atoms with van der Waals surface area (Å²) < 4.78 is 89.3. The summed E-state index contributed by atoms with van der Waals surface area (Å²) in [5.41, 5.74) is -1.86. The highest BCUT2D eigenvalue weighted by Gasteiger charge is 2.64. The standard InChI is InChI=1S/C25H22ClF6N7O/c26-15-1-3-17-14(5-15)6-38(24(12-40-13-24)25(30,31)32)7-19-34-35-22(39(17)19)37-10-23(11-37)8-36(9-23)18-4-2-16(27)20(33-18)21(28)29/h1-5,21H,6-13H2. The van der Waals surface area contributed by atoms with Gasteiger partial charge in [0.15, 0.2) is 17.2 Å². The first-order chi connectivity index (χ1) is 19.0. The van der Waals surface area contributed by atoms with E-state index in [0.29, 0.717) is 60.0 Å². The SMILES string of the molecule is Fc1ccc(N2CC3(C2)CN(c2nnc4n2-c2ccc(Cl)cc2CN(C2(C(F)(F)F)COC2)C4)C3)nc1C(F)F. The molecule has 3 aromatic rings. The van der Waals surface area contributed by atoms with E-state index in [4.69, 9.17) is 16.3 Å². The number of anilines is 2. The van der Waals surface area contributed by atoms with Crippen molar-refractivity contribution in [2.24, 2.45) is 5.41 Å². The summed E-state index contributed by atoms with van der Waals surface area (Å²) in [6.45, 7) is 1.25. The van der Waals surface area contributed by atoms with Crippen LogP contribution in [-0.2, 0) is 17.8 Å². The number of rotatable bonds is 4. The summed E-state index contributed by atoms with van der Waals surface area (Å²) in [6.07, 6.45) is -7.51. The Labute approximate surface area is 229 Å². The van der Waals surface area contributed by atoms with E-state index in [0.717, 1.165) is 6.07 Å². The van der Waals surface area contributed by atoms with E-state index in [-0.39, 0.29) is 18.5 Å². The number of halogens is 7. The Kier molecular flexibility index (Phi) is 5.62. The monoisotopic (exact) mass is 585 g/mol. The number of nitrogens with zero attached hydrogens (tertiary/aromatic N) is 7. The molecule has 0 atom stereocenters. The maximum absolute atomic E-state index is 14.2. The van der Waals surface area contributed by atoms with Crippen molar-refractivity contribution in [3.8, 4) is 5.69 Å². The Hall–Kier alpha value is -3.10. The van der Waals surface area contributed by atoms with E-state index in [2.05, 4.69) is 15.2 Å². The number of alkyl halides is 5. The zero-order chi connectivity index (χ0) is 28.0. The summed E-state index contributed by atoms with van der Waals surface area (Å²) in [4.78, 5) is 8.96. The highest BCUT2D eigenvalue weighted by atomic mass is 35.5. The van der Waals surface area contributed by atoms with Crippen LogP contribution in [0.1, 0.15) is 23.5 Å². The molecule has 212 valence electrons. The largest absolute Gasteiger partial charge is 0.411 e. The molecule has 1 spiro atoms. The number of pyridine rings is 1. The maximum atomic E-state index is 14.2. The van der Waals surface area contributed by atoms with Gasteiger partial charge in [0.2, 0.25) is 5.95 Å². The third-order valence-electron chi connectivity index (χ3n) is 8.28. The zero-order valence-corrected chi connectivity index (χ0v) is 21.6. The molecule has 0 N–H and O–H groups in total. The normalized spacial score (nSPS) is 21.4. The van der Waals surface area contributed by atoms with Gasteiger partial charge >= 0.3 is 6.18 Å². The number of benzene rings is 1. The third kappa shape index (κ3) is 3.79. The summed E-state index contributed by atoms with van der Waals surface area (Å²) in [7, 11) is 0. The molecule has 2 aromatic heterocycles. The van der Waals surface area contributed by atoms with Crippen LogP contribution in [0, 0.1) is 11.2 Å². The van der Waals surface area contributed by atoms with Crippen LogP contribution in [0.25, 0.3) is 5.69 Å². The van der Waals surface area contributed by atoms with Crippen molar-refractivity contribution in [3.05, 3.63) is 58.3 Å². The fourth-order valence-corrected chi connectivity index (χ4v) is 6.32. The second-order valence-electron chi connectivity index (χ2n) is 11.0. The lowest BCUT2D eigenvalue weighted by molar-refractivity contribution is -0.310. The highest BCUT2D eigenvalue weighted by molar-refractivity contribution is 6.30. The lowest BCUT2D eigenvalue weighted by atomic mass is 9.73. The quantitative estimate of drug-likeness (QED) is 0.422. The molecule has 0 saturated carbocycles. The van der Waals surface area contributed by atoms with E-state index >= 15 is 0 Å². The molecule has 6 heterocycles. The van der Waals surface area contributed by atoms with Crippen LogP contribution in [-0.4, -0.2) is 75.8 Å². The molecule has 4 aliphatic rings. The number of hydrogen-bond acceptors (Lipinski definition) is 7. The molecule has 0 bridgehead atoms. The number of fused-ring (bicyclic) bond motifs is 3. The number of ether oxygens (including phenoxy) is 1. The van der Waals surface area contributed by atoms with E-state index in [9.17, 15) is 26.3 Å². The van der Waals surface area contributed by atoms with Crippen molar-refractivity contribution in [1.29, 1.82) is 0 Å². The van der Waals surface area contributed by atoms with Crippen LogP contribution >= 0.6 is 11.6 Å². The van der Waals surface area contributed by atoms with Crippen molar-refractivity contribution in [2.75, 3.05) is 49.2 Å². The van der Waals surface area contributed by atoms with E-state index in [1.54, 1.807) is 22.8 Å². The van der Waals surface area contributed by atoms with E-state index < -0.39 is 42.9 Å². The Morgan fingerprint density at radius 1 is 0.950 bits per heavy atom. The third-order valence-corrected chi connectivity index (χ3v) is 8.52. The van der Waals surface area contributed by atoms with E-state index in [1.807, 2.05) is 9.80 Å². The van der Waals surface area contributed by atoms with Crippen LogP contribution in [0.2, 0.25) is 5.02 Å². The molecule has 0 amide bonds. The summed E-state index contributed by atoms with van der Waals surface area (Å²) in [5, 5.41) is 9.07. The van der Waals surface area contributed by atoms with Gasteiger partial charge < -0.3 is 14.5 Å². The smallest absolute Gasteiger partial charge is 0.377 e. The average Bonchev–Trinajstić information content (AvgIpc) is 3.12. The molecule has 0 aliphatic carbocycles.